The van der Waals surface area contributed by atoms with Crippen molar-refractivity contribution < 1.29 is 42.7 Å². The molecule has 0 radical (unpaired) electrons. The van der Waals surface area contributed by atoms with E-state index >= 15 is 0 Å². The molecule has 6 atom stereocenters. The summed E-state index contributed by atoms with van der Waals surface area (Å²) in [6.07, 6.45) is -6.27. The van der Waals surface area contributed by atoms with Crippen molar-refractivity contribution >= 4 is 24.3 Å². The van der Waals surface area contributed by atoms with E-state index in [0.717, 1.165) is 0 Å². The molecule has 1 aliphatic heterocycles. The van der Waals surface area contributed by atoms with E-state index in [4.69, 9.17) is 9.66 Å². The van der Waals surface area contributed by atoms with Crippen LogP contribution in [0.25, 0.3) is 0 Å². The van der Waals surface area contributed by atoms with Crippen LogP contribution in [0, 0.1) is 0 Å². The zero-order valence-electron chi connectivity index (χ0n) is 10.4. The Kier molecular flexibility index (Phi) is 6.80. The molecule has 11 heteroatoms. The molecule has 6 N–H and O–H groups in total. The van der Waals surface area contributed by atoms with Gasteiger partial charge >= 0.3 is 120 Å². The van der Waals surface area contributed by atoms with Gasteiger partial charge in [-0.3, -0.25) is 0 Å². The fourth-order valence-corrected chi connectivity index (χ4v) is 7.54. The number of hydrogen-bond donors (Lipinski definition) is 6. The number of hydrogen-bond acceptors (Lipinski definition) is 8. The first-order valence-corrected chi connectivity index (χ1v) is 10.8. The molecule has 1 rings (SSSR count). The first kappa shape index (κ1) is 18.2. The molecule has 20 heavy (non-hydrogen) atoms. The molecule has 120 valence electrons. The van der Waals surface area contributed by atoms with Crippen LogP contribution in [0.2, 0.25) is 16.0 Å². The third-order valence-electron chi connectivity index (χ3n) is 2.86. The molecule has 0 spiro atoms. The van der Waals surface area contributed by atoms with Gasteiger partial charge in [0.05, 0.1) is 0 Å². The maximum absolute atomic E-state index is 10.6. The maximum atomic E-state index is 10.6. The first-order chi connectivity index (χ1) is 9.14. The Hall–Kier alpha value is 0.189. The van der Waals surface area contributed by atoms with Crippen LogP contribution in [0.1, 0.15) is 0 Å². The minimum atomic E-state index is -4.80. The zero-order chi connectivity index (χ0) is 15.5. The third kappa shape index (κ3) is 5.52. The Morgan fingerprint density at radius 3 is 2.10 bits per heavy atom. The van der Waals surface area contributed by atoms with E-state index in [2.05, 4.69) is 4.18 Å². The fraction of sp³-hybridized carbons (Fsp3) is 1.00. The van der Waals surface area contributed by atoms with Crippen LogP contribution in [0.4, 0.5) is 0 Å². The Morgan fingerprint density at radius 2 is 1.70 bits per heavy atom. The molecular formula is C9H19O9SSe+. The van der Waals surface area contributed by atoms with Crippen molar-refractivity contribution in [1.82, 2.24) is 0 Å². The fourth-order valence-electron chi connectivity index (χ4n) is 1.86. The van der Waals surface area contributed by atoms with Crippen LogP contribution >= 0.6 is 0 Å². The molecule has 0 aliphatic carbocycles. The van der Waals surface area contributed by atoms with Crippen LogP contribution < -0.4 is 0 Å². The van der Waals surface area contributed by atoms with Crippen LogP contribution in [0.3, 0.4) is 0 Å². The van der Waals surface area contributed by atoms with Crippen molar-refractivity contribution in [3.05, 3.63) is 0 Å². The topological polar surface area (TPSA) is 165 Å². The van der Waals surface area contributed by atoms with Crippen molar-refractivity contribution in [2.45, 2.75) is 46.5 Å². The van der Waals surface area contributed by atoms with Gasteiger partial charge in [-0.05, 0) is 0 Å². The second-order valence-electron chi connectivity index (χ2n) is 4.55. The minimum absolute atomic E-state index is 0.0571. The molecule has 2 unspecified atom stereocenters. The molecule has 1 fully saturated rings. The second-order valence-corrected chi connectivity index (χ2v) is 10.3. The normalized spacial score (nSPS) is 34.7. The van der Waals surface area contributed by atoms with Gasteiger partial charge in [-0.1, -0.05) is 0 Å². The van der Waals surface area contributed by atoms with Crippen LogP contribution in [-0.4, -0.2) is 89.5 Å². The molecule has 0 aromatic carbocycles. The van der Waals surface area contributed by atoms with Crippen LogP contribution in [-0.2, 0) is 14.6 Å². The van der Waals surface area contributed by atoms with Gasteiger partial charge in [0.15, 0.2) is 0 Å². The second kappa shape index (κ2) is 7.45. The quantitative estimate of drug-likeness (QED) is 0.209. The van der Waals surface area contributed by atoms with E-state index in [0.29, 0.717) is 0 Å². The van der Waals surface area contributed by atoms with Crippen molar-refractivity contribution in [3.63, 3.8) is 0 Å². The summed E-state index contributed by atoms with van der Waals surface area (Å²) in [5.74, 6) is 0. The van der Waals surface area contributed by atoms with E-state index in [9.17, 15) is 28.8 Å². The zero-order valence-corrected chi connectivity index (χ0v) is 13.0. The monoisotopic (exact) mass is 383 g/mol. The third-order valence-corrected chi connectivity index (χ3v) is 8.47. The summed E-state index contributed by atoms with van der Waals surface area (Å²) in [5.41, 5.74) is 0. The summed E-state index contributed by atoms with van der Waals surface area (Å²) in [4.78, 5) is 0. The van der Waals surface area contributed by atoms with E-state index < -0.39 is 61.4 Å². The Bertz CT molecular complexity index is 390. The van der Waals surface area contributed by atoms with Gasteiger partial charge < -0.3 is 0 Å². The van der Waals surface area contributed by atoms with Gasteiger partial charge in [-0.15, -0.1) is 0 Å². The molecule has 1 saturated heterocycles. The summed E-state index contributed by atoms with van der Waals surface area (Å²) in [7, 11) is -4.80. The van der Waals surface area contributed by atoms with E-state index in [-0.39, 0.29) is 16.0 Å². The van der Waals surface area contributed by atoms with Gasteiger partial charge in [0.2, 0.25) is 0 Å². The van der Waals surface area contributed by atoms with Crippen molar-refractivity contribution in [2.75, 3.05) is 6.61 Å². The van der Waals surface area contributed by atoms with Gasteiger partial charge in [0.1, 0.15) is 0 Å². The molecule has 1 heterocycles. The summed E-state index contributed by atoms with van der Waals surface area (Å²) in [5, 5.41) is 47.7. The molecular weight excluding hydrogens is 363 g/mol. The first-order valence-electron chi connectivity index (χ1n) is 5.77. The molecule has 0 aromatic rings. The van der Waals surface area contributed by atoms with E-state index in [1.807, 2.05) is 0 Å². The molecule has 1 aliphatic rings. The predicted molar refractivity (Wildman–Crippen MR) is 67.7 cm³/mol. The summed E-state index contributed by atoms with van der Waals surface area (Å²) < 4.78 is 33.8. The predicted octanol–water partition coefficient (Wildman–Crippen LogP) is -2.88. The van der Waals surface area contributed by atoms with Crippen molar-refractivity contribution in [1.29, 1.82) is 0 Å². The van der Waals surface area contributed by atoms with Gasteiger partial charge in [-0.25, -0.2) is 0 Å². The summed E-state index contributed by atoms with van der Waals surface area (Å²) in [6.45, 7) is -0.812. The van der Waals surface area contributed by atoms with E-state index in [1.54, 1.807) is 0 Å². The molecule has 0 saturated carbocycles. The number of aliphatic hydroxyl groups excluding tert-OH is 5. The SMILES string of the molecule is O=S(=O)(O)O[C@H](CO)[C@H](O)C[Se+]1C[C@@H](O)C(O)[C@@H](O)C1. The van der Waals surface area contributed by atoms with E-state index in [1.165, 1.54) is 0 Å². The van der Waals surface area contributed by atoms with Gasteiger partial charge in [-0.2, -0.15) is 0 Å². The Morgan fingerprint density at radius 1 is 1.20 bits per heavy atom. The number of aliphatic hydroxyl groups is 5. The summed E-state index contributed by atoms with van der Waals surface area (Å²) >= 11 is -1.71. The molecule has 9 nitrogen and oxygen atoms in total. The Labute approximate surface area is 120 Å². The standard InChI is InChI=1S/C9H18O9SSe/c10-1-8(18-19(15,16)17)5(11)2-20-3-6(12)9(14)7(13)4-20/h5-14H,1-4H2/p+1/t5-,6-,7+,8-,9?,20?/m1/s1. The Balaban J connectivity index is 2.58. The summed E-state index contributed by atoms with van der Waals surface area (Å²) in [6, 6.07) is 0. The van der Waals surface area contributed by atoms with Gasteiger partial charge in [0, 0.05) is 0 Å². The molecule has 0 amide bonds. The molecule has 0 aromatic heterocycles. The molecule has 0 bridgehead atoms. The average molecular weight is 382 g/mol. The van der Waals surface area contributed by atoms with Crippen molar-refractivity contribution in [2.24, 2.45) is 0 Å². The number of rotatable bonds is 6. The van der Waals surface area contributed by atoms with Crippen LogP contribution in [0.5, 0.6) is 0 Å². The average Bonchev–Trinajstić information content (AvgIpc) is 2.31. The van der Waals surface area contributed by atoms with Gasteiger partial charge in [0.25, 0.3) is 0 Å². The van der Waals surface area contributed by atoms with Crippen molar-refractivity contribution in [3.8, 4) is 0 Å². The van der Waals surface area contributed by atoms with Crippen LogP contribution in [0.15, 0.2) is 0 Å².